The zero-order valence-electron chi connectivity index (χ0n) is 19.3. The van der Waals surface area contributed by atoms with Crippen LogP contribution < -0.4 is 0 Å². The van der Waals surface area contributed by atoms with Crippen LogP contribution in [0.4, 0.5) is 0 Å². The maximum absolute atomic E-state index is 12.9. The molecule has 0 bridgehead atoms. The predicted octanol–water partition coefficient (Wildman–Crippen LogP) is 5.60. The highest BCUT2D eigenvalue weighted by Crippen LogP contribution is 2.35. The molecule has 0 N–H and O–H groups in total. The fourth-order valence-corrected chi connectivity index (χ4v) is 5.94. The first-order chi connectivity index (χ1) is 15.6. The van der Waals surface area contributed by atoms with Crippen LogP contribution in [0.1, 0.15) is 46.1 Å². The van der Waals surface area contributed by atoms with Gasteiger partial charge in [0.2, 0.25) is 0 Å². The Morgan fingerprint density at radius 1 is 1.18 bits per heavy atom. The van der Waals surface area contributed by atoms with Gasteiger partial charge in [-0.15, -0.1) is 11.3 Å². The molecule has 0 spiro atoms. The van der Waals surface area contributed by atoms with E-state index in [-0.39, 0.29) is 16.4 Å². The highest BCUT2D eigenvalue weighted by atomic mass is 32.2. The molecule has 1 aliphatic rings. The molecule has 2 heterocycles. The Labute approximate surface area is 199 Å². The van der Waals surface area contributed by atoms with Crippen molar-refractivity contribution in [2.75, 3.05) is 6.61 Å². The molecular weight excluding hydrogens is 458 g/mol. The number of benzene rings is 2. The average molecular weight is 488 g/mol. The molecule has 2 aromatic carbocycles. The second-order valence-corrected chi connectivity index (χ2v) is 12.1. The van der Waals surface area contributed by atoms with Gasteiger partial charge in [0.05, 0.1) is 22.2 Å². The topological polar surface area (TPSA) is 82.6 Å². The van der Waals surface area contributed by atoms with Crippen molar-refractivity contribution in [3.8, 4) is 10.6 Å². The van der Waals surface area contributed by atoms with E-state index in [1.165, 1.54) is 29.0 Å². The number of hydrogen-bond donors (Lipinski definition) is 0. The summed E-state index contributed by atoms with van der Waals surface area (Å²) in [5, 5.41) is 0.814. The molecule has 0 radical (unpaired) electrons. The van der Waals surface area contributed by atoms with Crippen molar-refractivity contribution in [1.82, 2.24) is 4.98 Å². The van der Waals surface area contributed by atoms with Gasteiger partial charge < -0.3 is 8.92 Å². The summed E-state index contributed by atoms with van der Waals surface area (Å²) < 4.78 is 37.3. The summed E-state index contributed by atoms with van der Waals surface area (Å²) in [6, 6.07) is 12.8. The molecule has 3 aromatic rings. The van der Waals surface area contributed by atoms with E-state index in [1.54, 1.807) is 6.07 Å². The number of aryl methyl sites for hydroxylation is 1. The number of fused-ring (bicyclic) bond motifs is 1. The van der Waals surface area contributed by atoms with Gasteiger partial charge in [0, 0.05) is 12.2 Å². The van der Waals surface area contributed by atoms with Crippen molar-refractivity contribution in [2.45, 2.75) is 58.0 Å². The summed E-state index contributed by atoms with van der Waals surface area (Å²) in [7, 11) is -4.23. The summed E-state index contributed by atoms with van der Waals surface area (Å²) in [5.74, 6) is -1.21. The Bertz CT molecular complexity index is 1260. The monoisotopic (exact) mass is 487 g/mol. The van der Waals surface area contributed by atoms with Crippen LogP contribution in [0.3, 0.4) is 0 Å². The number of rotatable bonds is 5. The quantitative estimate of drug-likeness (QED) is 0.436. The molecule has 1 aromatic heterocycles. The van der Waals surface area contributed by atoms with E-state index in [0.717, 1.165) is 21.7 Å². The molecule has 0 saturated carbocycles. The van der Waals surface area contributed by atoms with E-state index in [0.29, 0.717) is 25.0 Å². The van der Waals surface area contributed by atoms with Crippen LogP contribution in [0.2, 0.25) is 0 Å². The first-order valence-electron chi connectivity index (χ1n) is 11.2. The van der Waals surface area contributed by atoms with Gasteiger partial charge in [-0.3, -0.25) is 4.79 Å². The van der Waals surface area contributed by atoms with Gasteiger partial charge in [0.15, 0.2) is 0 Å². The fourth-order valence-electron chi connectivity index (χ4n) is 3.91. The van der Waals surface area contributed by atoms with Crippen LogP contribution in [0.25, 0.3) is 20.8 Å². The average Bonchev–Trinajstić information content (AvgIpc) is 3.22. The molecule has 1 saturated heterocycles. The van der Waals surface area contributed by atoms with Gasteiger partial charge in [0.25, 0.3) is 0 Å². The molecule has 0 amide bonds. The minimum atomic E-state index is -4.23. The normalized spacial score (nSPS) is 19.5. The van der Waals surface area contributed by atoms with Crippen LogP contribution in [0.5, 0.6) is 0 Å². The second kappa shape index (κ2) is 9.16. The number of hydrogen-bond acceptors (Lipinski definition) is 7. The van der Waals surface area contributed by atoms with Gasteiger partial charge in [-0.1, -0.05) is 52.0 Å². The van der Waals surface area contributed by atoms with E-state index in [1.807, 2.05) is 32.9 Å². The van der Waals surface area contributed by atoms with Crippen molar-refractivity contribution >= 4 is 37.6 Å². The number of carbonyl (C=O) groups excluding carboxylic acids is 1. The number of carbonyl (C=O) groups is 1. The lowest BCUT2D eigenvalue weighted by Gasteiger charge is -2.36. The molecule has 2 atom stereocenters. The summed E-state index contributed by atoms with van der Waals surface area (Å²) in [6.45, 7) is 8.64. The van der Waals surface area contributed by atoms with Crippen molar-refractivity contribution in [3.63, 3.8) is 0 Å². The Hall–Kier alpha value is -2.29. The lowest BCUT2D eigenvalue weighted by molar-refractivity contribution is -0.146. The Balaban J connectivity index is 1.53. The van der Waals surface area contributed by atoms with Gasteiger partial charge >= 0.3 is 16.1 Å². The molecule has 2 unspecified atom stereocenters. The maximum atomic E-state index is 12.9. The van der Waals surface area contributed by atoms with Crippen molar-refractivity contribution in [2.24, 2.45) is 11.3 Å². The minimum absolute atomic E-state index is 0.0423. The third-order valence-electron chi connectivity index (χ3n) is 6.03. The van der Waals surface area contributed by atoms with Crippen molar-refractivity contribution in [1.29, 1.82) is 0 Å². The highest BCUT2D eigenvalue weighted by Gasteiger charge is 2.37. The second-order valence-electron chi connectivity index (χ2n) is 9.50. The van der Waals surface area contributed by atoms with Crippen LogP contribution in [0, 0.1) is 11.3 Å². The smallest absolute Gasteiger partial charge is 0.341 e. The predicted molar refractivity (Wildman–Crippen MR) is 130 cm³/mol. The molecule has 0 aliphatic carbocycles. The summed E-state index contributed by atoms with van der Waals surface area (Å²) in [5.41, 5.74) is 2.80. The van der Waals surface area contributed by atoms with Gasteiger partial charge in [0.1, 0.15) is 9.90 Å². The van der Waals surface area contributed by atoms with E-state index < -0.39 is 22.0 Å². The lowest BCUT2D eigenvalue weighted by atomic mass is 9.81. The zero-order valence-corrected chi connectivity index (χ0v) is 21.0. The molecule has 8 heteroatoms. The summed E-state index contributed by atoms with van der Waals surface area (Å²) in [6.07, 6.45) is 1.75. The van der Waals surface area contributed by atoms with Crippen molar-refractivity contribution in [3.05, 3.63) is 48.0 Å². The maximum Gasteiger partial charge on any atom is 0.341 e. The van der Waals surface area contributed by atoms with Gasteiger partial charge in [-0.05, 0) is 48.4 Å². The Morgan fingerprint density at radius 3 is 2.58 bits per heavy atom. The third kappa shape index (κ3) is 5.28. The highest BCUT2D eigenvalue weighted by molar-refractivity contribution is 7.87. The lowest BCUT2D eigenvalue weighted by Crippen LogP contribution is -2.39. The van der Waals surface area contributed by atoms with E-state index in [4.69, 9.17) is 8.92 Å². The molecular formula is C25H29NO5S2. The standard InChI is InChI=1S/C25H29NO5S2/c1-5-16-6-8-17(9-7-16)23-26-20-11-10-19(15-21(20)32-23)33(28,29)31-24(27)18-12-13-30-22(14-18)25(2,3)4/h6-11,15,18,22H,5,12-14H2,1-4H3. The largest absolute Gasteiger partial charge is 0.378 e. The van der Waals surface area contributed by atoms with E-state index in [2.05, 4.69) is 24.0 Å². The molecule has 6 nitrogen and oxygen atoms in total. The summed E-state index contributed by atoms with van der Waals surface area (Å²) in [4.78, 5) is 17.3. The Morgan fingerprint density at radius 2 is 1.91 bits per heavy atom. The molecule has 1 fully saturated rings. The Kier molecular flexibility index (Phi) is 6.62. The zero-order chi connectivity index (χ0) is 23.8. The molecule has 1 aliphatic heterocycles. The number of thiazole rings is 1. The van der Waals surface area contributed by atoms with Crippen LogP contribution >= 0.6 is 11.3 Å². The molecule has 33 heavy (non-hydrogen) atoms. The van der Waals surface area contributed by atoms with Crippen LogP contribution in [-0.2, 0) is 30.3 Å². The molecule has 4 rings (SSSR count). The first kappa shape index (κ1) is 23.9. The SMILES string of the molecule is CCc1ccc(-c2nc3ccc(S(=O)(=O)OC(=O)C4CCOC(C(C)(C)C)C4)cc3s2)cc1. The van der Waals surface area contributed by atoms with Gasteiger partial charge in [-0.25, -0.2) is 4.98 Å². The van der Waals surface area contributed by atoms with Crippen LogP contribution in [0.15, 0.2) is 47.4 Å². The number of aromatic nitrogens is 1. The van der Waals surface area contributed by atoms with E-state index in [9.17, 15) is 13.2 Å². The van der Waals surface area contributed by atoms with Gasteiger partial charge in [-0.2, -0.15) is 8.42 Å². The molecule has 176 valence electrons. The van der Waals surface area contributed by atoms with Crippen molar-refractivity contribution < 1.29 is 22.1 Å². The fraction of sp³-hybridized carbons (Fsp3) is 0.440. The third-order valence-corrected chi connectivity index (χ3v) is 8.31. The summed E-state index contributed by atoms with van der Waals surface area (Å²) >= 11 is 1.41. The van der Waals surface area contributed by atoms with E-state index >= 15 is 0 Å². The number of nitrogens with zero attached hydrogens (tertiary/aromatic N) is 1. The first-order valence-corrected chi connectivity index (χ1v) is 13.4. The number of ether oxygens (including phenoxy) is 1. The van der Waals surface area contributed by atoms with Crippen LogP contribution in [-0.4, -0.2) is 32.1 Å². The minimum Gasteiger partial charge on any atom is -0.378 e.